The largest absolute Gasteiger partial charge is 0.369 e. The highest BCUT2D eigenvalue weighted by Gasteiger charge is 2.23. The van der Waals surface area contributed by atoms with Crippen LogP contribution in [0.2, 0.25) is 0 Å². The maximum atomic E-state index is 12.3. The summed E-state index contributed by atoms with van der Waals surface area (Å²) >= 11 is 0. The molecule has 0 aromatic heterocycles. The lowest BCUT2D eigenvalue weighted by Crippen LogP contribution is -2.48. The number of anilines is 1. The van der Waals surface area contributed by atoms with Crippen LogP contribution >= 0.6 is 0 Å². The number of nitro groups is 1. The predicted octanol–water partition coefficient (Wildman–Crippen LogP) is 2.92. The third-order valence-corrected chi connectivity index (χ3v) is 4.45. The highest BCUT2D eigenvalue weighted by Crippen LogP contribution is 2.21. The van der Waals surface area contributed by atoms with E-state index in [-0.39, 0.29) is 24.1 Å². The summed E-state index contributed by atoms with van der Waals surface area (Å²) in [4.78, 5) is 25.2. The molecule has 1 fully saturated rings. The molecule has 1 saturated heterocycles. The van der Waals surface area contributed by atoms with Gasteiger partial charge in [-0.3, -0.25) is 14.9 Å². The van der Waals surface area contributed by atoms with Crippen LogP contribution in [-0.2, 0) is 11.2 Å². The lowest BCUT2D eigenvalue weighted by atomic mass is 10.0. The first-order valence-corrected chi connectivity index (χ1v) is 8.45. The van der Waals surface area contributed by atoms with Crippen LogP contribution in [0.4, 0.5) is 11.4 Å². The van der Waals surface area contributed by atoms with Crippen LogP contribution in [0.25, 0.3) is 0 Å². The molecule has 0 spiro atoms. The minimum absolute atomic E-state index is 0.00722. The van der Waals surface area contributed by atoms with Gasteiger partial charge in [-0.15, -0.1) is 0 Å². The lowest BCUT2D eigenvalue weighted by molar-refractivity contribution is -0.385. The molecule has 6 nitrogen and oxygen atoms in total. The molecule has 2 aromatic carbocycles. The molecule has 130 valence electrons. The number of hydrogen-bond acceptors (Lipinski definition) is 4. The Labute approximate surface area is 146 Å². The van der Waals surface area contributed by atoms with Crippen LogP contribution in [0.5, 0.6) is 0 Å². The average molecular weight is 339 g/mol. The Bertz CT molecular complexity index is 749. The summed E-state index contributed by atoms with van der Waals surface area (Å²) in [7, 11) is 0. The molecule has 25 heavy (non-hydrogen) atoms. The summed E-state index contributed by atoms with van der Waals surface area (Å²) in [6, 6.07) is 16.6. The number of nitrogens with zero attached hydrogens (tertiary/aromatic N) is 2. The lowest BCUT2D eigenvalue weighted by Gasteiger charge is -2.34. The summed E-state index contributed by atoms with van der Waals surface area (Å²) in [5.74, 6) is -0.172. The van der Waals surface area contributed by atoms with Gasteiger partial charge >= 0.3 is 0 Å². The zero-order chi connectivity index (χ0) is 17.6. The zero-order valence-electron chi connectivity index (χ0n) is 13.9. The number of rotatable bonds is 5. The average Bonchev–Trinajstić information content (AvgIpc) is 2.63. The van der Waals surface area contributed by atoms with E-state index in [1.807, 2.05) is 18.2 Å². The maximum Gasteiger partial charge on any atom is 0.273 e. The van der Waals surface area contributed by atoms with Gasteiger partial charge in [0.1, 0.15) is 0 Å². The van der Waals surface area contributed by atoms with E-state index >= 15 is 0 Å². The second-order valence-electron chi connectivity index (χ2n) is 6.25. The Kier molecular flexibility index (Phi) is 5.28. The van der Waals surface area contributed by atoms with E-state index in [9.17, 15) is 14.9 Å². The highest BCUT2D eigenvalue weighted by molar-refractivity contribution is 5.80. The van der Waals surface area contributed by atoms with Gasteiger partial charge in [-0.25, -0.2) is 0 Å². The van der Waals surface area contributed by atoms with Crippen LogP contribution in [0.1, 0.15) is 18.4 Å². The summed E-state index contributed by atoms with van der Waals surface area (Å²) < 4.78 is 0. The standard InChI is InChI=1S/C19H21N3O3/c23-19(13-15-7-4-5-11-18(15)22(24)25)20-16-8-6-12-21(14-16)17-9-2-1-3-10-17/h1-5,7,9-11,16H,6,8,12-14H2,(H,20,23)/t16-/m1/s1. The number of hydrogen-bond donors (Lipinski definition) is 1. The van der Waals surface area contributed by atoms with E-state index in [1.165, 1.54) is 6.07 Å². The fraction of sp³-hybridized carbons (Fsp3) is 0.316. The Hall–Kier alpha value is -2.89. The van der Waals surface area contributed by atoms with Crippen LogP contribution in [-0.4, -0.2) is 30.0 Å². The molecule has 0 aliphatic carbocycles. The van der Waals surface area contributed by atoms with Gasteiger partial charge < -0.3 is 10.2 Å². The molecule has 3 rings (SSSR count). The quantitative estimate of drug-likeness (QED) is 0.671. The summed E-state index contributed by atoms with van der Waals surface area (Å²) in [5, 5.41) is 14.1. The topological polar surface area (TPSA) is 75.5 Å². The number of piperidine rings is 1. The maximum absolute atomic E-state index is 12.3. The second-order valence-corrected chi connectivity index (χ2v) is 6.25. The molecule has 1 amide bonds. The van der Waals surface area contributed by atoms with Crippen molar-refractivity contribution in [1.29, 1.82) is 0 Å². The van der Waals surface area contributed by atoms with Crippen LogP contribution in [0.15, 0.2) is 54.6 Å². The molecule has 1 aliphatic heterocycles. The van der Waals surface area contributed by atoms with Crippen molar-refractivity contribution < 1.29 is 9.72 Å². The number of carbonyl (C=O) groups is 1. The molecule has 0 unspecified atom stereocenters. The van der Waals surface area contributed by atoms with Crippen molar-refractivity contribution >= 4 is 17.3 Å². The van der Waals surface area contributed by atoms with Gasteiger partial charge in [-0.1, -0.05) is 36.4 Å². The molecular formula is C19H21N3O3. The van der Waals surface area contributed by atoms with Crippen LogP contribution in [0.3, 0.4) is 0 Å². The summed E-state index contributed by atoms with van der Waals surface area (Å²) in [6.45, 7) is 1.73. The molecule has 0 saturated carbocycles. The fourth-order valence-electron chi connectivity index (χ4n) is 3.26. The van der Waals surface area contributed by atoms with Crippen molar-refractivity contribution in [2.75, 3.05) is 18.0 Å². The molecular weight excluding hydrogens is 318 g/mol. The van der Waals surface area contributed by atoms with Gasteiger partial charge in [0, 0.05) is 36.4 Å². The molecule has 1 aliphatic rings. The number of amides is 1. The first-order chi connectivity index (χ1) is 12.1. The number of nitrogens with one attached hydrogen (secondary N) is 1. The van der Waals surface area contributed by atoms with Gasteiger partial charge in [0.05, 0.1) is 11.3 Å². The number of para-hydroxylation sites is 2. The van der Waals surface area contributed by atoms with Crippen molar-refractivity contribution in [2.24, 2.45) is 0 Å². The molecule has 6 heteroatoms. The molecule has 0 radical (unpaired) electrons. The Morgan fingerprint density at radius 3 is 2.64 bits per heavy atom. The molecule has 0 bridgehead atoms. The van der Waals surface area contributed by atoms with Crippen molar-refractivity contribution in [1.82, 2.24) is 5.32 Å². The fourth-order valence-corrected chi connectivity index (χ4v) is 3.26. The minimum atomic E-state index is -0.444. The van der Waals surface area contributed by atoms with E-state index < -0.39 is 4.92 Å². The molecule has 1 heterocycles. The van der Waals surface area contributed by atoms with Crippen LogP contribution in [0, 0.1) is 10.1 Å². The Morgan fingerprint density at radius 1 is 1.16 bits per heavy atom. The van der Waals surface area contributed by atoms with E-state index in [2.05, 4.69) is 22.3 Å². The van der Waals surface area contributed by atoms with Gasteiger partial charge in [0.2, 0.25) is 5.91 Å². The normalized spacial score (nSPS) is 17.1. The van der Waals surface area contributed by atoms with Gasteiger partial charge in [0.25, 0.3) is 5.69 Å². The van der Waals surface area contributed by atoms with E-state index in [0.29, 0.717) is 5.56 Å². The summed E-state index contributed by atoms with van der Waals surface area (Å²) in [5.41, 5.74) is 1.59. The van der Waals surface area contributed by atoms with Gasteiger partial charge in [0.15, 0.2) is 0 Å². The number of nitro benzene ring substituents is 1. The molecule has 1 N–H and O–H groups in total. The third kappa shape index (κ3) is 4.35. The first kappa shape index (κ1) is 17.0. The highest BCUT2D eigenvalue weighted by atomic mass is 16.6. The van der Waals surface area contributed by atoms with Crippen molar-refractivity contribution in [2.45, 2.75) is 25.3 Å². The number of benzene rings is 2. The first-order valence-electron chi connectivity index (χ1n) is 8.45. The van der Waals surface area contributed by atoms with Crippen LogP contribution < -0.4 is 10.2 Å². The van der Waals surface area contributed by atoms with E-state index in [1.54, 1.807) is 18.2 Å². The second kappa shape index (κ2) is 7.79. The van der Waals surface area contributed by atoms with Gasteiger partial charge in [-0.05, 0) is 25.0 Å². The smallest absolute Gasteiger partial charge is 0.273 e. The van der Waals surface area contributed by atoms with Crippen molar-refractivity contribution in [3.05, 3.63) is 70.3 Å². The van der Waals surface area contributed by atoms with Crippen molar-refractivity contribution in [3.63, 3.8) is 0 Å². The van der Waals surface area contributed by atoms with Gasteiger partial charge in [-0.2, -0.15) is 0 Å². The van der Waals surface area contributed by atoms with E-state index in [0.717, 1.165) is 31.6 Å². The minimum Gasteiger partial charge on any atom is -0.369 e. The summed E-state index contributed by atoms with van der Waals surface area (Å²) in [6.07, 6.45) is 1.95. The predicted molar refractivity (Wildman–Crippen MR) is 96.6 cm³/mol. The monoisotopic (exact) mass is 339 g/mol. The van der Waals surface area contributed by atoms with E-state index in [4.69, 9.17) is 0 Å². The molecule has 1 atom stereocenters. The third-order valence-electron chi connectivity index (χ3n) is 4.45. The SMILES string of the molecule is O=C(Cc1ccccc1[N+](=O)[O-])N[C@@H]1CCCN(c2ccccc2)C1. The molecule has 2 aromatic rings. The van der Waals surface area contributed by atoms with Crippen molar-refractivity contribution in [3.8, 4) is 0 Å². The zero-order valence-corrected chi connectivity index (χ0v) is 13.9. The Balaban J connectivity index is 1.61. The Morgan fingerprint density at radius 2 is 1.88 bits per heavy atom. The number of carbonyl (C=O) groups excluding carboxylic acids is 1.